The summed E-state index contributed by atoms with van der Waals surface area (Å²) in [5, 5.41) is 16.7. The van der Waals surface area contributed by atoms with Gasteiger partial charge in [0, 0.05) is 18.7 Å². The van der Waals surface area contributed by atoms with E-state index in [0.29, 0.717) is 30.1 Å². The Morgan fingerprint density at radius 3 is 2.96 bits per heavy atom. The summed E-state index contributed by atoms with van der Waals surface area (Å²) in [4.78, 5) is 26.3. The van der Waals surface area contributed by atoms with Crippen LogP contribution in [0.2, 0.25) is 0 Å². The Bertz CT molecular complexity index is 862. The second-order valence-electron chi connectivity index (χ2n) is 7.13. The summed E-state index contributed by atoms with van der Waals surface area (Å²) in [6.45, 7) is 0.776. The molecular formula is C19H21N3O4. The average Bonchev–Trinajstić information content (AvgIpc) is 3.35. The van der Waals surface area contributed by atoms with Crippen LogP contribution in [0.1, 0.15) is 29.8 Å². The number of rotatable bonds is 4. The van der Waals surface area contributed by atoms with Crippen LogP contribution in [0.25, 0.3) is 11.3 Å². The number of carbonyl (C=O) groups is 2. The number of carboxylic acids is 1. The zero-order chi connectivity index (χ0) is 18.3. The van der Waals surface area contributed by atoms with Gasteiger partial charge in [-0.1, -0.05) is 18.6 Å². The predicted molar refractivity (Wildman–Crippen MR) is 93.9 cm³/mol. The van der Waals surface area contributed by atoms with Crippen molar-refractivity contribution < 1.29 is 19.4 Å². The molecule has 7 heteroatoms. The molecule has 1 amide bonds. The monoisotopic (exact) mass is 355 g/mol. The van der Waals surface area contributed by atoms with Crippen LogP contribution in [0.15, 0.2) is 30.3 Å². The summed E-state index contributed by atoms with van der Waals surface area (Å²) < 4.78 is 5.22. The molecule has 1 aliphatic carbocycles. The number of benzene rings is 1. The minimum atomic E-state index is -0.781. The minimum absolute atomic E-state index is 0.0460. The van der Waals surface area contributed by atoms with Crippen LogP contribution in [-0.4, -0.2) is 52.3 Å². The lowest BCUT2D eigenvalue weighted by molar-refractivity contribution is -0.149. The molecule has 2 aliphatic rings. The number of hydrogen-bond donors (Lipinski definition) is 2. The second-order valence-corrected chi connectivity index (χ2v) is 7.13. The van der Waals surface area contributed by atoms with Crippen molar-refractivity contribution in [1.29, 1.82) is 0 Å². The highest BCUT2D eigenvalue weighted by atomic mass is 16.5. The molecule has 1 saturated heterocycles. The first-order valence-corrected chi connectivity index (χ1v) is 8.76. The molecule has 26 heavy (non-hydrogen) atoms. The van der Waals surface area contributed by atoms with Crippen molar-refractivity contribution in [2.75, 3.05) is 20.2 Å². The van der Waals surface area contributed by atoms with E-state index < -0.39 is 11.4 Å². The number of fused-ring (bicyclic) bond motifs is 1. The van der Waals surface area contributed by atoms with Crippen LogP contribution >= 0.6 is 0 Å². The van der Waals surface area contributed by atoms with Gasteiger partial charge in [-0.05, 0) is 37.0 Å². The Balaban J connectivity index is 1.55. The topological polar surface area (TPSA) is 95.5 Å². The summed E-state index contributed by atoms with van der Waals surface area (Å²) in [6, 6.07) is 9.16. The first kappa shape index (κ1) is 16.6. The molecule has 0 bridgehead atoms. The highest BCUT2D eigenvalue weighted by Crippen LogP contribution is 2.49. The molecule has 4 rings (SSSR count). The molecule has 1 aromatic carbocycles. The zero-order valence-electron chi connectivity index (χ0n) is 14.6. The third kappa shape index (κ3) is 2.55. The first-order chi connectivity index (χ1) is 12.5. The fourth-order valence-electron chi connectivity index (χ4n) is 4.33. The van der Waals surface area contributed by atoms with Gasteiger partial charge in [0.05, 0.1) is 18.2 Å². The lowest BCUT2D eigenvalue weighted by Crippen LogP contribution is -2.37. The van der Waals surface area contributed by atoms with Gasteiger partial charge in [0.25, 0.3) is 5.91 Å². The van der Waals surface area contributed by atoms with Crippen LogP contribution in [0.3, 0.4) is 0 Å². The van der Waals surface area contributed by atoms with Crippen molar-refractivity contribution in [3.63, 3.8) is 0 Å². The van der Waals surface area contributed by atoms with Crippen LogP contribution in [0.4, 0.5) is 0 Å². The molecule has 2 aromatic rings. The molecule has 0 radical (unpaired) electrons. The third-order valence-corrected chi connectivity index (χ3v) is 5.76. The van der Waals surface area contributed by atoms with Crippen molar-refractivity contribution in [3.05, 3.63) is 36.0 Å². The van der Waals surface area contributed by atoms with E-state index in [0.717, 1.165) is 18.4 Å². The summed E-state index contributed by atoms with van der Waals surface area (Å²) in [5.74, 6) is -0.211. The number of methoxy groups -OCH3 is 1. The van der Waals surface area contributed by atoms with E-state index in [9.17, 15) is 14.7 Å². The molecule has 1 aromatic heterocycles. The summed E-state index contributed by atoms with van der Waals surface area (Å²) >= 11 is 0. The van der Waals surface area contributed by atoms with Gasteiger partial charge in [-0.3, -0.25) is 14.7 Å². The van der Waals surface area contributed by atoms with Gasteiger partial charge in [0.1, 0.15) is 11.4 Å². The summed E-state index contributed by atoms with van der Waals surface area (Å²) in [5.41, 5.74) is 1.11. The fourth-order valence-corrected chi connectivity index (χ4v) is 4.33. The lowest BCUT2D eigenvalue weighted by Gasteiger charge is -2.23. The van der Waals surface area contributed by atoms with Gasteiger partial charge in [-0.15, -0.1) is 0 Å². The van der Waals surface area contributed by atoms with Crippen molar-refractivity contribution in [2.45, 2.75) is 19.3 Å². The predicted octanol–water partition coefficient (Wildman–Crippen LogP) is 2.41. The van der Waals surface area contributed by atoms with Crippen LogP contribution in [0.5, 0.6) is 5.75 Å². The molecule has 0 unspecified atom stereocenters. The van der Waals surface area contributed by atoms with Crippen molar-refractivity contribution >= 4 is 11.9 Å². The Morgan fingerprint density at radius 1 is 1.38 bits per heavy atom. The maximum atomic E-state index is 12.8. The molecule has 2 N–H and O–H groups in total. The summed E-state index contributed by atoms with van der Waals surface area (Å²) in [7, 11) is 1.60. The number of hydrogen-bond acceptors (Lipinski definition) is 4. The quantitative estimate of drug-likeness (QED) is 0.878. The standard InChI is InChI=1S/C19H21N3O4/c1-26-14-6-2-4-12(8-14)15-9-16(21-20-15)17(23)22-10-13-5-3-7-19(13,11-22)18(24)25/h2,4,6,8-9,13H,3,5,7,10-11H2,1H3,(H,20,21)(H,24,25)/t13-,19+/m0/s1. The number of amides is 1. The molecule has 2 heterocycles. The van der Waals surface area contributed by atoms with Crippen LogP contribution < -0.4 is 4.74 Å². The number of nitrogens with zero attached hydrogens (tertiary/aromatic N) is 2. The number of carbonyl (C=O) groups excluding carboxylic acids is 1. The normalized spacial score (nSPS) is 24.5. The third-order valence-electron chi connectivity index (χ3n) is 5.76. The largest absolute Gasteiger partial charge is 0.497 e. The number of likely N-dealkylation sites (tertiary alicyclic amines) is 1. The van der Waals surface area contributed by atoms with E-state index in [2.05, 4.69) is 10.2 Å². The van der Waals surface area contributed by atoms with Gasteiger partial charge in [0.2, 0.25) is 0 Å². The number of aromatic nitrogens is 2. The smallest absolute Gasteiger partial charge is 0.311 e. The molecule has 1 aliphatic heterocycles. The zero-order valence-corrected chi connectivity index (χ0v) is 14.6. The van der Waals surface area contributed by atoms with Gasteiger partial charge in [-0.2, -0.15) is 5.10 Å². The van der Waals surface area contributed by atoms with Gasteiger partial charge >= 0.3 is 5.97 Å². The molecule has 0 spiro atoms. The van der Waals surface area contributed by atoms with E-state index in [1.165, 1.54) is 0 Å². The molecule has 136 valence electrons. The average molecular weight is 355 g/mol. The highest BCUT2D eigenvalue weighted by molar-refractivity contribution is 5.94. The maximum absolute atomic E-state index is 12.8. The highest BCUT2D eigenvalue weighted by Gasteiger charge is 2.55. The first-order valence-electron chi connectivity index (χ1n) is 8.76. The van der Waals surface area contributed by atoms with Gasteiger partial charge < -0.3 is 14.7 Å². The Labute approximate surface area is 151 Å². The number of nitrogens with one attached hydrogen (secondary N) is 1. The molecule has 2 fully saturated rings. The van der Waals surface area contributed by atoms with E-state index in [-0.39, 0.29) is 18.4 Å². The van der Waals surface area contributed by atoms with Crippen molar-refractivity contribution in [3.8, 4) is 17.0 Å². The van der Waals surface area contributed by atoms with Crippen LogP contribution in [0, 0.1) is 11.3 Å². The van der Waals surface area contributed by atoms with Crippen molar-refractivity contribution in [1.82, 2.24) is 15.1 Å². The Kier molecular flexibility index (Phi) is 3.94. The van der Waals surface area contributed by atoms with Crippen molar-refractivity contribution in [2.24, 2.45) is 11.3 Å². The van der Waals surface area contributed by atoms with Gasteiger partial charge in [-0.25, -0.2) is 0 Å². The van der Waals surface area contributed by atoms with Crippen LogP contribution in [-0.2, 0) is 4.79 Å². The van der Waals surface area contributed by atoms with E-state index in [4.69, 9.17) is 4.74 Å². The number of H-pyrrole nitrogens is 1. The number of aromatic amines is 1. The minimum Gasteiger partial charge on any atom is -0.497 e. The van der Waals surface area contributed by atoms with E-state index in [1.54, 1.807) is 18.1 Å². The van der Waals surface area contributed by atoms with E-state index in [1.807, 2.05) is 24.3 Å². The number of carboxylic acid groups (broad SMARTS) is 1. The number of ether oxygens (including phenoxy) is 1. The Hall–Kier alpha value is -2.83. The Morgan fingerprint density at radius 2 is 2.23 bits per heavy atom. The second kappa shape index (κ2) is 6.16. The molecular weight excluding hydrogens is 334 g/mol. The number of aliphatic carboxylic acids is 1. The SMILES string of the molecule is COc1cccc(-c2cc(C(=O)N3C[C@@H]4CCC[C@@]4(C(=O)O)C3)[nH]n2)c1. The van der Waals surface area contributed by atoms with E-state index >= 15 is 0 Å². The molecule has 2 atom stereocenters. The molecule has 7 nitrogen and oxygen atoms in total. The summed E-state index contributed by atoms with van der Waals surface area (Å²) in [6.07, 6.45) is 2.44. The maximum Gasteiger partial charge on any atom is 0.311 e. The fraction of sp³-hybridized carbons (Fsp3) is 0.421. The molecule has 1 saturated carbocycles. The van der Waals surface area contributed by atoms with Gasteiger partial charge in [0.15, 0.2) is 0 Å². The lowest BCUT2D eigenvalue weighted by atomic mass is 9.81.